The molecule has 0 unspecified atom stereocenters. The summed E-state index contributed by atoms with van der Waals surface area (Å²) in [6.07, 6.45) is 0.995. The summed E-state index contributed by atoms with van der Waals surface area (Å²) in [7, 11) is 0. The Morgan fingerprint density at radius 2 is 2.06 bits per heavy atom. The molecule has 0 heterocycles. The molecule has 0 bridgehead atoms. The second-order valence-electron chi connectivity index (χ2n) is 3.85. The van der Waals surface area contributed by atoms with Crippen LogP contribution in [0.15, 0.2) is 22.7 Å². The first-order valence-electron chi connectivity index (χ1n) is 5.65. The molecule has 88 valence electrons. The van der Waals surface area contributed by atoms with Gasteiger partial charge in [0, 0.05) is 23.1 Å². The summed E-state index contributed by atoms with van der Waals surface area (Å²) in [6, 6.07) is 5.74. The maximum Gasteiger partial charge on any atom is 0.253 e. The third-order valence-corrected chi connectivity index (χ3v) is 3.46. The van der Waals surface area contributed by atoms with Gasteiger partial charge in [-0.15, -0.1) is 0 Å². The molecule has 0 aliphatic carbocycles. The van der Waals surface area contributed by atoms with E-state index in [2.05, 4.69) is 22.9 Å². The SMILES string of the molecule is CCCN(CC)C(=O)c1ccc(Br)c(C)c1. The standard InChI is InChI=1S/C13H18BrNO/c1-4-8-15(5-2)13(16)11-6-7-12(14)10(3)9-11/h6-7,9H,4-5,8H2,1-3H3. The highest BCUT2D eigenvalue weighted by molar-refractivity contribution is 9.10. The molecular formula is C13H18BrNO. The van der Waals surface area contributed by atoms with Crippen molar-refractivity contribution in [3.8, 4) is 0 Å². The molecule has 0 saturated carbocycles. The molecule has 0 saturated heterocycles. The van der Waals surface area contributed by atoms with Crippen molar-refractivity contribution in [2.24, 2.45) is 0 Å². The van der Waals surface area contributed by atoms with Gasteiger partial charge in [-0.2, -0.15) is 0 Å². The van der Waals surface area contributed by atoms with E-state index < -0.39 is 0 Å². The van der Waals surface area contributed by atoms with Gasteiger partial charge in [0.15, 0.2) is 0 Å². The summed E-state index contributed by atoms with van der Waals surface area (Å²) in [5, 5.41) is 0. The molecule has 3 heteroatoms. The molecule has 0 aliphatic rings. The Morgan fingerprint density at radius 1 is 1.38 bits per heavy atom. The van der Waals surface area contributed by atoms with Gasteiger partial charge in [0.05, 0.1) is 0 Å². The van der Waals surface area contributed by atoms with Crippen LogP contribution in [-0.4, -0.2) is 23.9 Å². The quantitative estimate of drug-likeness (QED) is 0.826. The lowest BCUT2D eigenvalue weighted by atomic mass is 10.1. The Kier molecular flexibility index (Phi) is 5.00. The van der Waals surface area contributed by atoms with Crippen LogP contribution in [0.1, 0.15) is 36.2 Å². The average molecular weight is 284 g/mol. The monoisotopic (exact) mass is 283 g/mol. The highest BCUT2D eigenvalue weighted by Crippen LogP contribution is 2.18. The highest BCUT2D eigenvalue weighted by Gasteiger charge is 2.13. The molecule has 0 N–H and O–H groups in total. The number of nitrogens with zero attached hydrogens (tertiary/aromatic N) is 1. The number of hydrogen-bond donors (Lipinski definition) is 0. The van der Waals surface area contributed by atoms with Crippen molar-refractivity contribution in [2.75, 3.05) is 13.1 Å². The molecule has 0 spiro atoms. The normalized spacial score (nSPS) is 10.2. The van der Waals surface area contributed by atoms with Gasteiger partial charge >= 0.3 is 0 Å². The third kappa shape index (κ3) is 3.08. The van der Waals surface area contributed by atoms with E-state index in [1.807, 2.05) is 36.9 Å². The lowest BCUT2D eigenvalue weighted by molar-refractivity contribution is 0.0764. The lowest BCUT2D eigenvalue weighted by Crippen LogP contribution is -2.31. The van der Waals surface area contributed by atoms with Crippen LogP contribution in [0.2, 0.25) is 0 Å². The minimum atomic E-state index is 0.125. The molecule has 1 aromatic carbocycles. The predicted molar refractivity (Wildman–Crippen MR) is 70.7 cm³/mol. The third-order valence-electron chi connectivity index (χ3n) is 2.57. The molecule has 1 amide bonds. The van der Waals surface area contributed by atoms with E-state index in [4.69, 9.17) is 0 Å². The zero-order valence-electron chi connectivity index (χ0n) is 10.1. The number of amides is 1. The largest absolute Gasteiger partial charge is 0.339 e. The van der Waals surface area contributed by atoms with Crippen LogP contribution in [0.3, 0.4) is 0 Å². The van der Waals surface area contributed by atoms with Crippen LogP contribution < -0.4 is 0 Å². The fourth-order valence-corrected chi connectivity index (χ4v) is 1.88. The first-order valence-corrected chi connectivity index (χ1v) is 6.44. The van der Waals surface area contributed by atoms with E-state index in [1.54, 1.807) is 0 Å². The summed E-state index contributed by atoms with van der Waals surface area (Å²) in [5.41, 5.74) is 1.87. The van der Waals surface area contributed by atoms with Gasteiger partial charge in [0.25, 0.3) is 5.91 Å². The fraction of sp³-hybridized carbons (Fsp3) is 0.462. The van der Waals surface area contributed by atoms with Gasteiger partial charge in [0.1, 0.15) is 0 Å². The van der Waals surface area contributed by atoms with E-state index in [1.165, 1.54) is 0 Å². The molecule has 0 fully saturated rings. The molecule has 0 radical (unpaired) electrons. The van der Waals surface area contributed by atoms with Gasteiger partial charge in [-0.05, 0) is 44.0 Å². The molecule has 0 atom stereocenters. The second-order valence-corrected chi connectivity index (χ2v) is 4.70. The first kappa shape index (κ1) is 13.2. The van der Waals surface area contributed by atoms with Crippen molar-refractivity contribution < 1.29 is 4.79 Å². The van der Waals surface area contributed by atoms with Gasteiger partial charge < -0.3 is 4.90 Å². The molecular weight excluding hydrogens is 266 g/mol. The van der Waals surface area contributed by atoms with Crippen molar-refractivity contribution in [1.29, 1.82) is 0 Å². The second kappa shape index (κ2) is 6.04. The molecule has 1 aromatic rings. The molecule has 2 nitrogen and oxygen atoms in total. The van der Waals surface area contributed by atoms with Gasteiger partial charge in [-0.1, -0.05) is 22.9 Å². The van der Waals surface area contributed by atoms with Crippen LogP contribution in [0.4, 0.5) is 0 Å². The predicted octanol–water partition coefficient (Wildman–Crippen LogP) is 3.63. The molecule has 16 heavy (non-hydrogen) atoms. The number of rotatable bonds is 4. The Bertz CT molecular complexity index is 376. The summed E-state index contributed by atoms with van der Waals surface area (Å²) in [6.45, 7) is 7.69. The van der Waals surface area contributed by atoms with E-state index in [0.717, 1.165) is 35.1 Å². The summed E-state index contributed by atoms with van der Waals surface area (Å²) in [4.78, 5) is 14.0. The van der Waals surface area contributed by atoms with Crippen LogP contribution in [0.25, 0.3) is 0 Å². The Labute approximate surface area is 106 Å². The number of aryl methyl sites for hydroxylation is 1. The van der Waals surface area contributed by atoms with E-state index in [0.29, 0.717) is 0 Å². The van der Waals surface area contributed by atoms with E-state index in [-0.39, 0.29) is 5.91 Å². The minimum absolute atomic E-state index is 0.125. The molecule has 0 aliphatic heterocycles. The maximum absolute atomic E-state index is 12.1. The van der Waals surface area contributed by atoms with E-state index in [9.17, 15) is 4.79 Å². The van der Waals surface area contributed by atoms with Crippen LogP contribution in [0.5, 0.6) is 0 Å². The summed E-state index contributed by atoms with van der Waals surface area (Å²) in [5.74, 6) is 0.125. The van der Waals surface area contributed by atoms with Crippen LogP contribution in [0, 0.1) is 6.92 Å². The number of carbonyl (C=O) groups is 1. The average Bonchev–Trinajstić information content (AvgIpc) is 2.28. The van der Waals surface area contributed by atoms with Gasteiger partial charge in [-0.25, -0.2) is 0 Å². The van der Waals surface area contributed by atoms with Gasteiger partial charge in [0.2, 0.25) is 0 Å². The number of carbonyl (C=O) groups excluding carboxylic acids is 1. The van der Waals surface area contributed by atoms with E-state index >= 15 is 0 Å². The Balaban J connectivity index is 2.90. The van der Waals surface area contributed by atoms with Crippen LogP contribution in [-0.2, 0) is 0 Å². The van der Waals surface area contributed by atoms with Gasteiger partial charge in [-0.3, -0.25) is 4.79 Å². The van der Waals surface area contributed by atoms with Crippen molar-refractivity contribution in [1.82, 2.24) is 4.90 Å². The van der Waals surface area contributed by atoms with Crippen molar-refractivity contribution in [3.63, 3.8) is 0 Å². The lowest BCUT2D eigenvalue weighted by Gasteiger charge is -2.20. The van der Waals surface area contributed by atoms with Crippen molar-refractivity contribution >= 4 is 21.8 Å². The molecule has 0 aromatic heterocycles. The smallest absolute Gasteiger partial charge is 0.253 e. The van der Waals surface area contributed by atoms with Crippen molar-refractivity contribution in [3.05, 3.63) is 33.8 Å². The van der Waals surface area contributed by atoms with Crippen molar-refractivity contribution in [2.45, 2.75) is 27.2 Å². The zero-order valence-corrected chi connectivity index (χ0v) is 11.7. The Morgan fingerprint density at radius 3 is 2.56 bits per heavy atom. The Hall–Kier alpha value is -0.830. The summed E-state index contributed by atoms with van der Waals surface area (Å²) < 4.78 is 1.04. The topological polar surface area (TPSA) is 20.3 Å². The number of halogens is 1. The van der Waals surface area contributed by atoms with Crippen LogP contribution >= 0.6 is 15.9 Å². The summed E-state index contributed by atoms with van der Waals surface area (Å²) >= 11 is 3.44. The number of benzene rings is 1. The number of hydrogen-bond acceptors (Lipinski definition) is 1. The highest BCUT2D eigenvalue weighted by atomic mass is 79.9. The first-order chi connectivity index (χ1) is 7.60. The fourth-order valence-electron chi connectivity index (χ4n) is 1.63. The zero-order chi connectivity index (χ0) is 12.1. The minimum Gasteiger partial charge on any atom is -0.339 e. The maximum atomic E-state index is 12.1. The molecule has 1 rings (SSSR count).